The van der Waals surface area contributed by atoms with Crippen LogP contribution < -0.4 is 15.2 Å². The lowest BCUT2D eigenvalue weighted by Crippen LogP contribution is -2.24. The number of benzene rings is 1. The molecule has 1 saturated carbocycles. The molecule has 4 heteroatoms. The Morgan fingerprint density at radius 1 is 1.33 bits per heavy atom. The van der Waals surface area contributed by atoms with Crippen molar-refractivity contribution in [3.8, 4) is 17.2 Å². The lowest BCUT2D eigenvalue weighted by Gasteiger charge is -2.11. The average molecular weight is 207 g/mol. The first kappa shape index (κ1) is 8.85. The molecule has 0 saturated heterocycles. The number of hydrogen-bond donors (Lipinski definition) is 2. The molecule has 1 aromatic carbocycles. The molecule has 0 radical (unpaired) electrons. The van der Waals surface area contributed by atoms with Crippen LogP contribution in [-0.4, -0.2) is 17.4 Å². The molecule has 1 aliphatic carbocycles. The van der Waals surface area contributed by atoms with Gasteiger partial charge in [-0.2, -0.15) is 0 Å². The van der Waals surface area contributed by atoms with Crippen LogP contribution in [0.15, 0.2) is 12.1 Å². The third kappa shape index (κ3) is 1.41. The third-order valence-corrected chi connectivity index (χ3v) is 3.03. The summed E-state index contributed by atoms with van der Waals surface area (Å²) in [5.74, 6) is 1.25. The van der Waals surface area contributed by atoms with Gasteiger partial charge in [0.25, 0.3) is 0 Å². The van der Waals surface area contributed by atoms with Gasteiger partial charge in [-0.05, 0) is 30.9 Å². The second-order valence-electron chi connectivity index (χ2n) is 4.35. The van der Waals surface area contributed by atoms with Crippen LogP contribution in [0.1, 0.15) is 18.4 Å². The Hall–Kier alpha value is -1.42. The fourth-order valence-corrected chi connectivity index (χ4v) is 1.86. The summed E-state index contributed by atoms with van der Waals surface area (Å²) < 4.78 is 10.4. The second-order valence-corrected chi connectivity index (χ2v) is 4.35. The predicted octanol–water partition coefficient (Wildman–Crippen LogP) is 1.15. The van der Waals surface area contributed by atoms with E-state index in [1.54, 1.807) is 0 Å². The summed E-state index contributed by atoms with van der Waals surface area (Å²) in [6, 6.07) is 3.68. The number of phenolic OH excluding ortho intramolecular Hbond substituents is 1. The van der Waals surface area contributed by atoms with Crippen molar-refractivity contribution in [2.45, 2.75) is 24.8 Å². The highest BCUT2D eigenvalue weighted by Crippen LogP contribution is 2.45. The Morgan fingerprint density at radius 3 is 2.87 bits per heavy atom. The highest BCUT2D eigenvalue weighted by atomic mass is 16.7. The van der Waals surface area contributed by atoms with Crippen molar-refractivity contribution in [3.63, 3.8) is 0 Å². The van der Waals surface area contributed by atoms with Gasteiger partial charge in [0, 0.05) is 5.54 Å². The summed E-state index contributed by atoms with van der Waals surface area (Å²) in [6.45, 7) is 0.181. The van der Waals surface area contributed by atoms with Gasteiger partial charge >= 0.3 is 0 Å². The zero-order valence-corrected chi connectivity index (χ0v) is 8.32. The first-order valence-corrected chi connectivity index (χ1v) is 5.07. The van der Waals surface area contributed by atoms with E-state index in [1.165, 1.54) is 0 Å². The summed E-state index contributed by atoms with van der Waals surface area (Å²) in [6.07, 6.45) is 2.76. The Morgan fingerprint density at radius 2 is 2.13 bits per heavy atom. The van der Waals surface area contributed by atoms with E-state index >= 15 is 0 Å². The topological polar surface area (TPSA) is 64.7 Å². The van der Waals surface area contributed by atoms with E-state index in [9.17, 15) is 5.11 Å². The molecule has 1 aromatic rings. The molecule has 3 N–H and O–H groups in total. The molecule has 80 valence electrons. The lowest BCUT2D eigenvalue weighted by molar-refractivity contribution is 0.171. The Kier molecular flexibility index (Phi) is 1.65. The molecule has 0 atom stereocenters. The monoisotopic (exact) mass is 207 g/mol. The van der Waals surface area contributed by atoms with E-state index in [1.807, 2.05) is 12.1 Å². The summed E-state index contributed by atoms with van der Waals surface area (Å²) in [4.78, 5) is 0. The largest absolute Gasteiger partial charge is 0.504 e. The molecule has 0 aromatic heterocycles. The highest BCUT2D eigenvalue weighted by Gasteiger charge is 2.39. The van der Waals surface area contributed by atoms with E-state index in [0.29, 0.717) is 17.9 Å². The van der Waals surface area contributed by atoms with Crippen molar-refractivity contribution >= 4 is 0 Å². The van der Waals surface area contributed by atoms with Gasteiger partial charge in [0.1, 0.15) is 0 Å². The van der Waals surface area contributed by atoms with Gasteiger partial charge in [0.2, 0.25) is 12.5 Å². The molecule has 0 unspecified atom stereocenters. The van der Waals surface area contributed by atoms with E-state index in [4.69, 9.17) is 15.2 Å². The Bertz CT molecular complexity index is 413. The quantitative estimate of drug-likeness (QED) is 0.763. The summed E-state index contributed by atoms with van der Waals surface area (Å²) in [5, 5.41) is 9.94. The fourth-order valence-electron chi connectivity index (χ4n) is 1.86. The second kappa shape index (κ2) is 2.79. The first-order valence-electron chi connectivity index (χ1n) is 5.07. The molecule has 1 aliphatic heterocycles. The Balaban J connectivity index is 1.95. The van der Waals surface area contributed by atoms with Crippen LogP contribution >= 0.6 is 0 Å². The molecule has 2 aliphatic rings. The third-order valence-electron chi connectivity index (χ3n) is 3.03. The van der Waals surface area contributed by atoms with Crippen LogP contribution in [0.5, 0.6) is 17.2 Å². The van der Waals surface area contributed by atoms with Crippen molar-refractivity contribution in [1.29, 1.82) is 0 Å². The molecule has 1 heterocycles. The predicted molar refractivity (Wildman–Crippen MR) is 54.1 cm³/mol. The number of phenols is 1. The van der Waals surface area contributed by atoms with Crippen molar-refractivity contribution in [3.05, 3.63) is 17.7 Å². The maximum Gasteiger partial charge on any atom is 0.231 e. The van der Waals surface area contributed by atoms with Gasteiger partial charge in [0.05, 0.1) is 0 Å². The number of ether oxygens (including phenoxy) is 2. The van der Waals surface area contributed by atoms with Gasteiger partial charge in [-0.3, -0.25) is 0 Å². The molecular formula is C11H13NO3. The summed E-state index contributed by atoms with van der Waals surface area (Å²) in [5.41, 5.74) is 6.75. The lowest BCUT2D eigenvalue weighted by atomic mass is 10.0. The molecule has 1 fully saturated rings. The SMILES string of the molecule is NC1(Cc2ccc3c(c2O)OCO3)CC1. The molecule has 15 heavy (non-hydrogen) atoms. The van der Waals surface area contributed by atoms with Gasteiger partial charge in [0.15, 0.2) is 11.5 Å². The number of nitrogens with two attached hydrogens (primary N) is 1. The van der Waals surface area contributed by atoms with Crippen molar-refractivity contribution in [2.75, 3.05) is 6.79 Å². The average Bonchev–Trinajstić information content (AvgIpc) is 2.78. The number of hydrogen-bond acceptors (Lipinski definition) is 4. The van der Waals surface area contributed by atoms with Crippen molar-refractivity contribution < 1.29 is 14.6 Å². The van der Waals surface area contributed by atoms with Crippen LogP contribution in [-0.2, 0) is 6.42 Å². The Labute approximate surface area is 87.6 Å². The molecule has 0 bridgehead atoms. The van der Waals surface area contributed by atoms with Crippen LogP contribution in [0.2, 0.25) is 0 Å². The molecule has 0 spiro atoms. The van der Waals surface area contributed by atoms with Crippen LogP contribution in [0.25, 0.3) is 0 Å². The zero-order valence-electron chi connectivity index (χ0n) is 8.32. The minimum absolute atomic E-state index is 0.106. The number of aromatic hydroxyl groups is 1. The zero-order chi connectivity index (χ0) is 10.5. The highest BCUT2D eigenvalue weighted by molar-refractivity contribution is 5.56. The minimum Gasteiger partial charge on any atom is -0.504 e. The van der Waals surface area contributed by atoms with Crippen LogP contribution in [0, 0.1) is 0 Å². The molecule has 4 nitrogen and oxygen atoms in total. The normalized spacial score (nSPS) is 20.3. The van der Waals surface area contributed by atoms with E-state index in [2.05, 4.69) is 0 Å². The minimum atomic E-state index is -0.106. The summed E-state index contributed by atoms with van der Waals surface area (Å²) in [7, 11) is 0. The van der Waals surface area contributed by atoms with Gasteiger partial charge in [-0.1, -0.05) is 6.07 Å². The molecular weight excluding hydrogens is 194 g/mol. The van der Waals surface area contributed by atoms with Crippen molar-refractivity contribution in [1.82, 2.24) is 0 Å². The van der Waals surface area contributed by atoms with Crippen LogP contribution in [0.3, 0.4) is 0 Å². The smallest absolute Gasteiger partial charge is 0.231 e. The molecule has 0 amide bonds. The maximum absolute atomic E-state index is 9.94. The van der Waals surface area contributed by atoms with Crippen LogP contribution in [0.4, 0.5) is 0 Å². The van der Waals surface area contributed by atoms with Gasteiger partial charge < -0.3 is 20.3 Å². The standard InChI is InChI=1S/C11H13NO3/c12-11(3-4-11)5-7-1-2-8-10(9(7)13)15-6-14-8/h1-2,13H,3-6,12H2. The summed E-state index contributed by atoms with van der Waals surface area (Å²) >= 11 is 0. The van der Waals surface area contributed by atoms with Crippen molar-refractivity contribution in [2.24, 2.45) is 5.73 Å². The van der Waals surface area contributed by atoms with E-state index < -0.39 is 0 Å². The van der Waals surface area contributed by atoms with Gasteiger partial charge in [-0.15, -0.1) is 0 Å². The number of fused-ring (bicyclic) bond motifs is 1. The molecule has 3 rings (SSSR count). The van der Waals surface area contributed by atoms with E-state index in [0.717, 1.165) is 18.4 Å². The number of rotatable bonds is 2. The maximum atomic E-state index is 9.94. The fraction of sp³-hybridized carbons (Fsp3) is 0.455. The first-order chi connectivity index (χ1) is 7.18. The van der Waals surface area contributed by atoms with E-state index in [-0.39, 0.29) is 18.1 Å². The van der Waals surface area contributed by atoms with Gasteiger partial charge in [-0.25, -0.2) is 0 Å².